The Morgan fingerprint density at radius 3 is 2.39 bits per heavy atom. The Kier molecular flexibility index (Phi) is 5.98. The molecule has 2 aromatic rings. The van der Waals surface area contributed by atoms with Crippen molar-refractivity contribution in [2.45, 2.75) is 13.0 Å². The van der Waals surface area contributed by atoms with E-state index < -0.39 is 11.0 Å². The van der Waals surface area contributed by atoms with Gasteiger partial charge in [-0.3, -0.25) is 14.9 Å². The third kappa shape index (κ3) is 4.33. The van der Waals surface area contributed by atoms with Crippen LogP contribution < -0.4 is 14.4 Å². The normalized spacial score (nSPS) is 15.1. The number of rotatable bonds is 6. The Morgan fingerprint density at radius 2 is 1.79 bits per heavy atom. The fraction of sp³-hybridized carbons (Fsp3) is 0.350. The van der Waals surface area contributed by atoms with Crippen LogP contribution in [0.15, 0.2) is 48.5 Å². The molecular formula is C20H23N3O5. The molecule has 0 bridgehead atoms. The molecule has 0 radical (unpaired) electrons. The van der Waals surface area contributed by atoms with Gasteiger partial charge in [0.2, 0.25) is 0 Å². The fourth-order valence-corrected chi connectivity index (χ4v) is 3.19. The highest BCUT2D eigenvalue weighted by Gasteiger charge is 2.28. The molecule has 0 unspecified atom stereocenters. The van der Waals surface area contributed by atoms with Gasteiger partial charge in [-0.25, -0.2) is 0 Å². The van der Waals surface area contributed by atoms with Gasteiger partial charge in [-0.1, -0.05) is 18.2 Å². The molecule has 1 atom stereocenters. The minimum atomic E-state index is -0.824. The van der Waals surface area contributed by atoms with E-state index in [2.05, 4.69) is 4.90 Å². The molecular weight excluding hydrogens is 362 g/mol. The maximum atomic E-state index is 12.7. The molecule has 1 saturated heterocycles. The van der Waals surface area contributed by atoms with E-state index in [4.69, 9.17) is 9.47 Å². The second-order valence-electron chi connectivity index (χ2n) is 6.50. The van der Waals surface area contributed by atoms with Crippen molar-refractivity contribution in [1.29, 1.82) is 0 Å². The summed E-state index contributed by atoms with van der Waals surface area (Å²) in [7, 11) is 1.43. The number of para-hydroxylation sites is 1. The fourth-order valence-electron chi connectivity index (χ4n) is 3.19. The average Bonchev–Trinajstić information content (AvgIpc) is 2.74. The van der Waals surface area contributed by atoms with Crippen LogP contribution in [-0.4, -0.2) is 55.1 Å². The highest BCUT2D eigenvalue weighted by atomic mass is 16.6. The molecule has 148 valence electrons. The lowest BCUT2D eigenvalue weighted by Crippen LogP contribution is -2.52. The maximum Gasteiger partial charge on any atom is 0.314 e. The molecule has 0 N–H and O–H groups in total. The topological polar surface area (TPSA) is 85.2 Å². The molecule has 0 spiro atoms. The maximum absolute atomic E-state index is 12.7. The summed E-state index contributed by atoms with van der Waals surface area (Å²) in [6, 6.07) is 14.4. The zero-order chi connectivity index (χ0) is 20.1. The average molecular weight is 385 g/mol. The first-order valence-electron chi connectivity index (χ1n) is 9.07. The minimum Gasteiger partial charge on any atom is -0.496 e. The zero-order valence-corrected chi connectivity index (χ0v) is 15.9. The first-order chi connectivity index (χ1) is 13.5. The van der Waals surface area contributed by atoms with Crippen LogP contribution in [0.3, 0.4) is 0 Å². The van der Waals surface area contributed by atoms with E-state index in [1.165, 1.54) is 19.2 Å². The zero-order valence-electron chi connectivity index (χ0n) is 15.9. The van der Waals surface area contributed by atoms with Crippen molar-refractivity contribution in [1.82, 2.24) is 4.90 Å². The SMILES string of the molecule is COc1ccc(O[C@H](C)C(=O)N2CCN(c3ccccc3)CC2)c([N+](=O)[O-])c1. The van der Waals surface area contributed by atoms with E-state index in [0.29, 0.717) is 18.8 Å². The Bertz CT molecular complexity index is 835. The summed E-state index contributed by atoms with van der Waals surface area (Å²) >= 11 is 0. The van der Waals surface area contributed by atoms with Gasteiger partial charge in [-0.15, -0.1) is 0 Å². The van der Waals surface area contributed by atoms with E-state index in [9.17, 15) is 14.9 Å². The summed E-state index contributed by atoms with van der Waals surface area (Å²) in [4.78, 5) is 27.4. The number of carbonyl (C=O) groups excluding carboxylic acids is 1. The number of nitro groups is 1. The lowest BCUT2D eigenvalue weighted by Gasteiger charge is -2.37. The monoisotopic (exact) mass is 385 g/mol. The number of amides is 1. The van der Waals surface area contributed by atoms with Crippen LogP contribution in [0.1, 0.15) is 6.92 Å². The van der Waals surface area contributed by atoms with Gasteiger partial charge in [-0.2, -0.15) is 0 Å². The predicted octanol–water partition coefficient (Wildman–Crippen LogP) is 2.72. The Balaban J connectivity index is 1.62. The number of hydrogen-bond acceptors (Lipinski definition) is 6. The summed E-state index contributed by atoms with van der Waals surface area (Å²) in [5.41, 5.74) is 0.903. The summed E-state index contributed by atoms with van der Waals surface area (Å²) in [6.07, 6.45) is -0.824. The molecule has 3 rings (SSSR count). The second-order valence-corrected chi connectivity index (χ2v) is 6.50. The van der Waals surface area contributed by atoms with Crippen LogP contribution >= 0.6 is 0 Å². The van der Waals surface area contributed by atoms with Gasteiger partial charge in [0, 0.05) is 31.9 Å². The van der Waals surface area contributed by atoms with Gasteiger partial charge in [0.1, 0.15) is 5.75 Å². The van der Waals surface area contributed by atoms with Crippen molar-refractivity contribution < 1.29 is 19.2 Å². The highest BCUT2D eigenvalue weighted by Crippen LogP contribution is 2.32. The van der Waals surface area contributed by atoms with Crippen molar-refractivity contribution in [3.63, 3.8) is 0 Å². The highest BCUT2D eigenvalue weighted by molar-refractivity contribution is 5.81. The van der Waals surface area contributed by atoms with E-state index in [1.807, 2.05) is 30.3 Å². The lowest BCUT2D eigenvalue weighted by molar-refractivity contribution is -0.386. The molecule has 1 aliphatic heterocycles. The number of nitro benzene ring substituents is 1. The van der Waals surface area contributed by atoms with E-state index in [1.54, 1.807) is 17.9 Å². The van der Waals surface area contributed by atoms with Gasteiger partial charge >= 0.3 is 5.69 Å². The quantitative estimate of drug-likeness (QED) is 0.561. The van der Waals surface area contributed by atoms with Crippen LogP contribution in [0, 0.1) is 10.1 Å². The van der Waals surface area contributed by atoms with Gasteiger partial charge in [0.25, 0.3) is 5.91 Å². The molecule has 0 aliphatic carbocycles. The number of anilines is 1. The summed E-state index contributed by atoms with van der Waals surface area (Å²) in [5.74, 6) is 0.225. The third-order valence-corrected chi connectivity index (χ3v) is 4.73. The first-order valence-corrected chi connectivity index (χ1v) is 9.07. The second kappa shape index (κ2) is 8.60. The molecule has 8 nitrogen and oxygen atoms in total. The number of ether oxygens (including phenoxy) is 2. The summed E-state index contributed by atoms with van der Waals surface area (Å²) < 4.78 is 10.6. The van der Waals surface area contributed by atoms with E-state index in [-0.39, 0.29) is 17.3 Å². The van der Waals surface area contributed by atoms with Crippen LogP contribution in [-0.2, 0) is 4.79 Å². The summed E-state index contributed by atoms with van der Waals surface area (Å²) in [6.45, 7) is 4.22. The molecule has 1 heterocycles. The lowest BCUT2D eigenvalue weighted by atomic mass is 10.2. The van der Waals surface area contributed by atoms with Crippen molar-refractivity contribution in [2.75, 3.05) is 38.2 Å². The molecule has 1 fully saturated rings. The van der Waals surface area contributed by atoms with Crippen LogP contribution in [0.4, 0.5) is 11.4 Å². The number of nitrogens with zero attached hydrogens (tertiary/aromatic N) is 3. The van der Waals surface area contributed by atoms with E-state index >= 15 is 0 Å². The van der Waals surface area contributed by atoms with E-state index in [0.717, 1.165) is 18.8 Å². The molecule has 8 heteroatoms. The van der Waals surface area contributed by atoms with Crippen molar-refractivity contribution in [3.8, 4) is 11.5 Å². The largest absolute Gasteiger partial charge is 0.496 e. The molecule has 2 aromatic carbocycles. The smallest absolute Gasteiger partial charge is 0.314 e. The predicted molar refractivity (Wildman–Crippen MR) is 105 cm³/mol. The Labute approximate surface area is 163 Å². The Morgan fingerprint density at radius 1 is 1.11 bits per heavy atom. The van der Waals surface area contributed by atoms with Crippen molar-refractivity contribution in [3.05, 3.63) is 58.6 Å². The standard InChI is InChI=1S/C20H23N3O5/c1-15(28-19-9-8-17(27-2)14-18(19)23(25)26)20(24)22-12-10-21(11-13-22)16-6-4-3-5-7-16/h3-9,14-15H,10-13H2,1-2H3/t15-/m1/s1. The number of carbonyl (C=O) groups is 1. The van der Waals surface area contributed by atoms with Gasteiger partial charge in [0.15, 0.2) is 11.9 Å². The summed E-state index contributed by atoms with van der Waals surface area (Å²) in [5, 5.41) is 11.3. The molecule has 0 aromatic heterocycles. The third-order valence-electron chi connectivity index (χ3n) is 4.73. The molecule has 1 amide bonds. The van der Waals surface area contributed by atoms with Crippen LogP contribution in [0.5, 0.6) is 11.5 Å². The number of piperazine rings is 1. The first kappa shape index (κ1) is 19.5. The van der Waals surface area contributed by atoms with Gasteiger partial charge < -0.3 is 19.3 Å². The minimum absolute atomic E-state index is 0.0505. The van der Waals surface area contributed by atoms with Gasteiger partial charge in [-0.05, 0) is 31.2 Å². The van der Waals surface area contributed by atoms with Crippen molar-refractivity contribution >= 4 is 17.3 Å². The van der Waals surface area contributed by atoms with Crippen LogP contribution in [0.2, 0.25) is 0 Å². The number of benzene rings is 2. The van der Waals surface area contributed by atoms with Crippen molar-refractivity contribution in [2.24, 2.45) is 0 Å². The van der Waals surface area contributed by atoms with Crippen LogP contribution in [0.25, 0.3) is 0 Å². The molecule has 28 heavy (non-hydrogen) atoms. The molecule has 0 saturated carbocycles. The number of hydrogen-bond donors (Lipinski definition) is 0. The Hall–Kier alpha value is -3.29. The van der Waals surface area contributed by atoms with Gasteiger partial charge in [0.05, 0.1) is 18.1 Å². The molecule has 1 aliphatic rings. The number of methoxy groups -OCH3 is 1.